The van der Waals surface area contributed by atoms with E-state index in [1.807, 2.05) is 29.6 Å². The Kier molecular flexibility index (Phi) is 6.58. The van der Waals surface area contributed by atoms with Crippen molar-refractivity contribution in [3.05, 3.63) is 63.9 Å². The number of ether oxygens (including phenoxy) is 1. The van der Waals surface area contributed by atoms with E-state index in [-0.39, 0.29) is 36.7 Å². The van der Waals surface area contributed by atoms with Crippen LogP contribution < -0.4 is 9.80 Å². The number of anilines is 2. The number of carbonyl (C=O) groups excluding carboxylic acids is 3. The third-order valence-electron chi connectivity index (χ3n) is 5.94. The Labute approximate surface area is 209 Å². The molecule has 2 saturated heterocycles. The Morgan fingerprint density at radius 2 is 1.79 bits per heavy atom. The Balaban J connectivity index is 1.41. The van der Waals surface area contributed by atoms with E-state index in [9.17, 15) is 14.4 Å². The zero-order chi connectivity index (χ0) is 23.7. The molecule has 0 N–H and O–H groups in total. The topological polar surface area (TPSA) is 79.8 Å². The first-order valence-corrected chi connectivity index (χ1v) is 12.8. The summed E-state index contributed by atoms with van der Waals surface area (Å²) in [6.45, 7) is 1.11. The highest BCUT2D eigenvalue weighted by Gasteiger charge is 2.31. The summed E-state index contributed by atoms with van der Waals surface area (Å²) in [4.78, 5) is 45.2. The number of carbonyl (C=O) groups is 3. The molecule has 2 aromatic carbocycles. The largest absolute Gasteiger partial charge is 0.376 e. The molecule has 3 aromatic rings. The van der Waals surface area contributed by atoms with Gasteiger partial charge in [-0.1, -0.05) is 28.1 Å². The van der Waals surface area contributed by atoms with Crippen LogP contribution in [-0.4, -0.2) is 42.0 Å². The van der Waals surface area contributed by atoms with Crippen LogP contribution in [0.3, 0.4) is 0 Å². The molecule has 3 heterocycles. The summed E-state index contributed by atoms with van der Waals surface area (Å²) in [5.74, 6) is -0.627. The molecular weight excluding hydrogens is 518 g/mol. The Morgan fingerprint density at radius 3 is 2.44 bits per heavy atom. The minimum absolute atomic E-state index is 0.0388. The highest BCUT2D eigenvalue weighted by Crippen LogP contribution is 2.31. The maximum absolute atomic E-state index is 13.6. The van der Waals surface area contributed by atoms with E-state index < -0.39 is 0 Å². The van der Waals surface area contributed by atoms with Crippen LogP contribution in [0.4, 0.5) is 10.8 Å². The Bertz CT molecular complexity index is 1200. The molecule has 2 aliphatic heterocycles. The molecule has 0 aliphatic carbocycles. The predicted molar refractivity (Wildman–Crippen MR) is 134 cm³/mol. The third kappa shape index (κ3) is 4.68. The highest BCUT2D eigenvalue weighted by atomic mass is 79.9. The fourth-order valence-electron chi connectivity index (χ4n) is 4.15. The molecule has 5 rings (SSSR count). The molecule has 0 spiro atoms. The zero-order valence-electron chi connectivity index (χ0n) is 18.3. The maximum Gasteiger partial charge on any atom is 0.260 e. The summed E-state index contributed by atoms with van der Waals surface area (Å²) in [5.41, 5.74) is 2.72. The van der Waals surface area contributed by atoms with Crippen LogP contribution >= 0.6 is 27.3 Å². The molecule has 1 aromatic heterocycles. The minimum Gasteiger partial charge on any atom is -0.376 e. The van der Waals surface area contributed by atoms with Gasteiger partial charge in [0.05, 0.1) is 24.0 Å². The molecule has 1 unspecified atom stereocenters. The zero-order valence-corrected chi connectivity index (χ0v) is 20.7. The van der Waals surface area contributed by atoms with E-state index in [2.05, 4.69) is 15.9 Å². The van der Waals surface area contributed by atoms with Crippen molar-refractivity contribution in [2.24, 2.45) is 0 Å². The predicted octanol–water partition coefficient (Wildman–Crippen LogP) is 5.05. The standard InChI is InChI=1S/C25H22BrN3O4S/c26-18-7-3-16(4-8-18)21-15-34-25(27-21)28(14-20-2-1-13-33-20)24(32)17-5-9-19(10-6-17)29-22(30)11-12-23(29)31/h3-10,15,20H,1-2,11-14H2. The number of benzene rings is 2. The van der Waals surface area contributed by atoms with E-state index in [0.29, 0.717) is 29.5 Å². The van der Waals surface area contributed by atoms with E-state index in [0.717, 1.165) is 28.6 Å². The minimum atomic E-state index is -0.215. The average molecular weight is 540 g/mol. The summed E-state index contributed by atoms with van der Waals surface area (Å²) >= 11 is 4.86. The van der Waals surface area contributed by atoms with E-state index in [1.165, 1.54) is 16.2 Å². The molecule has 2 fully saturated rings. The SMILES string of the molecule is O=C(c1ccc(N2C(=O)CCC2=O)cc1)N(CC1CCCO1)c1nc(-c2ccc(Br)cc2)cs1. The monoisotopic (exact) mass is 539 g/mol. The van der Waals surface area contributed by atoms with E-state index in [4.69, 9.17) is 9.72 Å². The number of aromatic nitrogens is 1. The first-order chi connectivity index (χ1) is 16.5. The van der Waals surface area contributed by atoms with Gasteiger partial charge >= 0.3 is 0 Å². The summed E-state index contributed by atoms with van der Waals surface area (Å²) in [6.07, 6.45) is 2.27. The average Bonchev–Trinajstić information content (AvgIpc) is 3.60. The van der Waals surface area contributed by atoms with E-state index in [1.54, 1.807) is 29.2 Å². The smallest absolute Gasteiger partial charge is 0.260 e. The second kappa shape index (κ2) is 9.77. The molecule has 174 valence electrons. The van der Waals surface area contributed by atoms with Crippen LogP contribution in [-0.2, 0) is 14.3 Å². The molecule has 1 atom stereocenters. The normalized spacial score (nSPS) is 18.0. The second-order valence-corrected chi connectivity index (χ2v) is 9.99. The van der Waals surface area contributed by atoms with Gasteiger partial charge < -0.3 is 4.74 Å². The molecule has 34 heavy (non-hydrogen) atoms. The van der Waals surface area contributed by atoms with Gasteiger partial charge in [-0.15, -0.1) is 11.3 Å². The third-order valence-corrected chi connectivity index (χ3v) is 7.33. The Hall–Kier alpha value is -2.88. The van der Waals surface area contributed by atoms with Crippen molar-refractivity contribution in [3.63, 3.8) is 0 Å². The van der Waals surface area contributed by atoms with E-state index >= 15 is 0 Å². The second-order valence-electron chi connectivity index (χ2n) is 8.24. The van der Waals surface area contributed by atoms with Gasteiger partial charge in [0.1, 0.15) is 0 Å². The fraction of sp³-hybridized carbons (Fsp3) is 0.280. The van der Waals surface area contributed by atoms with Crippen LogP contribution in [0, 0.1) is 0 Å². The number of rotatable bonds is 6. The van der Waals surface area contributed by atoms with Crippen molar-refractivity contribution in [3.8, 4) is 11.3 Å². The molecule has 9 heteroatoms. The summed E-state index contributed by atoms with van der Waals surface area (Å²) in [7, 11) is 0. The molecule has 0 radical (unpaired) electrons. The van der Waals surface area contributed by atoms with Crippen molar-refractivity contribution >= 4 is 55.8 Å². The van der Waals surface area contributed by atoms with Crippen LogP contribution in [0.15, 0.2) is 58.4 Å². The first kappa shape index (κ1) is 22.9. The van der Waals surface area contributed by atoms with Crippen LogP contribution in [0.2, 0.25) is 0 Å². The van der Waals surface area contributed by atoms with Crippen molar-refractivity contribution in [1.82, 2.24) is 4.98 Å². The number of hydrogen-bond acceptors (Lipinski definition) is 6. The summed E-state index contributed by atoms with van der Waals surface area (Å²) in [6, 6.07) is 14.5. The molecule has 7 nitrogen and oxygen atoms in total. The number of nitrogens with zero attached hydrogens (tertiary/aromatic N) is 3. The number of thiazole rings is 1. The number of imide groups is 1. The lowest BCUT2D eigenvalue weighted by Gasteiger charge is -2.23. The molecule has 2 aliphatic rings. The lowest BCUT2D eigenvalue weighted by Crippen LogP contribution is -2.37. The number of hydrogen-bond donors (Lipinski definition) is 0. The van der Waals surface area contributed by atoms with Gasteiger partial charge in [0.2, 0.25) is 11.8 Å². The van der Waals surface area contributed by atoms with Crippen LogP contribution in [0.1, 0.15) is 36.0 Å². The van der Waals surface area contributed by atoms with Crippen LogP contribution in [0.5, 0.6) is 0 Å². The summed E-state index contributed by atoms with van der Waals surface area (Å²) in [5, 5.41) is 2.55. The van der Waals surface area contributed by atoms with Gasteiger partial charge in [0.15, 0.2) is 5.13 Å². The van der Waals surface area contributed by atoms with Gasteiger partial charge in [0.25, 0.3) is 5.91 Å². The van der Waals surface area contributed by atoms with Gasteiger partial charge in [-0.05, 0) is 49.2 Å². The fourth-order valence-corrected chi connectivity index (χ4v) is 5.26. The maximum atomic E-state index is 13.6. The van der Waals surface area contributed by atoms with Crippen molar-refractivity contribution in [2.45, 2.75) is 31.8 Å². The molecule has 0 bridgehead atoms. The van der Waals surface area contributed by atoms with Gasteiger partial charge in [-0.3, -0.25) is 24.2 Å². The van der Waals surface area contributed by atoms with Crippen molar-refractivity contribution in [1.29, 1.82) is 0 Å². The Morgan fingerprint density at radius 1 is 1.09 bits per heavy atom. The highest BCUT2D eigenvalue weighted by molar-refractivity contribution is 9.10. The van der Waals surface area contributed by atoms with Crippen molar-refractivity contribution in [2.75, 3.05) is 23.0 Å². The molecule has 3 amide bonds. The lowest BCUT2D eigenvalue weighted by atomic mass is 10.1. The molecular formula is C25H22BrN3O4S. The van der Waals surface area contributed by atoms with Crippen molar-refractivity contribution < 1.29 is 19.1 Å². The lowest BCUT2D eigenvalue weighted by molar-refractivity contribution is -0.121. The number of amides is 3. The van der Waals surface area contributed by atoms with Gasteiger partial charge in [-0.2, -0.15) is 0 Å². The van der Waals surface area contributed by atoms with Gasteiger partial charge in [-0.25, -0.2) is 4.98 Å². The number of halogens is 1. The summed E-state index contributed by atoms with van der Waals surface area (Å²) < 4.78 is 6.79. The van der Waals surface area contributed by atoms with Crippen LogP contribution in [0.25, 0.3) is 11.3 Å². The first-order valence-electron chi connectivity index (χ1n) is 11.1. The van der Waals surface area contributed by atoms with Gasteiger partial charge in [0, 0.05) is 40.4 Å². The molecule has 0 saturated carbocycles. The quantitative estimate of drug-likeness (QED) is 0.409.